The number of carbonyl (C=O) groups is 1. The van der Waals surface area contributed by atoms with Gasteiger partial charge >= 0.3 is 0 Å². The topological polar surface area (TPSA) is 68.6 Å². The van der Waals surface area contributed by atoms with Crippen molar-refractivity contribution < 1.29 is 19.0 Å². The molecule has 0 radical (unpaired) electrons. The number of ether oxygens (including phenoxy) is 3. The molecule has 0 fully saturated rings. The van der Waals surface area contributed by atoms with Crippen LogP contribution in [0.15, 0.2) is 46.4 Å². The Bertz CT molecular complexity index is 883. The van der Waals surface area contributed by atoms with Crippen LogP contribution in [0.2, 0.25) is 0 Å². The Morgan fingerprint density at radius 2 is 2.12 bits per heavy atom. The van der Waals surface area contributed by atoms with Crippen LogP contribution in [0.1, 0.15) is 15.9 Å². The first kappa shape index (κ1) is 16.1. The van der Waals surface area contributed by atoms with Crippen molar-refractivity contribution in [2.24, 2.45) is 0 Å². The molecule has 5 nitrogen and oxygen atoms in total. The molecule has 0 atom stereocenters. The van der Waals surface area contributed by atoms with Gasteiger partial charge in [0.25, 0.3) is 0 Å². The Kier molecular flexibility index (Phi) is 4.54. The highest BCUT2D eigenvalue weighted by atomic mass is 79.9. The van der Waals surface area contributed by atoms with E-state index in [1.54, 1.807) is 36.4 Å². The molecule has 24 heavy (non-hydrogen) atoms. The molecule has 1 heterocycles. The Hall–Kier alpha value is -2.78. The Balaban J connectivity index is 2.00. The molecule has 0 saturated carbocycles. The van der Waals surface area contributed by atoms with Crippen LogP contribution in [0.3, 0.4) is 0 Å². The van der Waals surface area contributed by atoms with E-state index in [-0.39, 0.29) is 12.4 Å². The molecule has 0 aromatic heterocycles. The fourth-order valence-corrected chi connectivity index (χ4v) is 2.94. The molecule has 0 amide bonds. The summed E-state index contributed by atoms with van der Waals surface area (Å²) in [6.45, 7) is 0.145. The average molecular weight is 386 g/mol. The van der Waals surface area contributed by atoms with Crippen molar-refractivity contribution >= 4 is 27.8 Å². The second-order valence-electron chi connectivity index (χ2n) is 4.94. The monoisotopic (exact) mass is 385 g/mol. The van der Waals surface area contributed by atoms with Gasteiger partial charge in [-0.2, -0.15) is 5.26 Å². The fraction of sp³-hybridized carbons (Fsp3) is 0.111. The highest BCUT2D eigenvalue weighted by molar-refractivity contribution is 9.10. The number of benzene rings is 2. The van der Waals surface area contributed by atoms with Crippen LogP contribution >= 0.6 is 15.9 Å². The lowest BCUT2D eigenvalue weighted by Crippen LogP contribution is -2.04. The minimum absolute atomic E-state index is 0.00488. The molecule has 6 heteroatoms. The standard InChI is InChI=1S/C18H12BrNO4/c1-22-15-5-3-2-4-13(15)17(21)12(9-20)6-11-7-14(19)18-16(8-11)23-10-24-18/h2-8H,10H2,1H3/b12-6+. The van der Waals surface area contributed by atoms with Crippen molar-refractivity contribution in [1.29, 1.82) is 5.26 Å². The third-order valence-corrected chi connectivity index (χ3v) is 4.07. The minimum atomic E-state index is -0.399. The van der Waals surface area contributed by atoms with Gasteiger partial charge in [0.15, 0.2) is 11.5 Å². The smallest absolute Gasteiger partial charge is 0.231 e. The molecule has 1 aliphatic rings. The van der Waals surface area contributed by atoms with Crippen molar-refractivity contribution in [2.75, 3.05) is 13.9 Å². The number of para-hydroxylation sites is 1. The summed E-state index contributed by atoms with van der Waals surface area (Å²) < 4.78 is 16.6. The van der Waals surface area contributed by atoms with Gasteiger partial charge < -0.3 is 14.2 Å². The number of halogens is 1. The van der Waals surface area contributed by atoms with Gasteiger partial charge in [0, 0.05) is 0 Å². The summed E-state index contributed by atoms with van der Waals surface area (Å²) in [6.07, 6.45) is 1.52. The summed E-state index contributed by atoms with van der Waals surface area (Å²) in [6, 6.07) is 12.2. The van der Waals surface area contributed by atoms with E-state index in [9.17, 15) is 10.1 Å². The number of fused-ring (bicyclic) bond motifs is 1. The molecule has 2 aromatic rings. The quantitative estimate of drug-likeness (QED) is 0.452. The maximum atomic E-state index is 12.6. The Morgan fingerprint density at radius 3 is 2.88 bits per heavy atom. The number of rotatable bonds is 4. The molecule has 0 N–H and O–H groups in total. The van der Waals surface area contributed by atoms with Crippen LogP contribution in [-0.4, -0.2) is 19.7 Å². The van der Waals surface area contributed by atoms with Gasteiger partial charge in [-0.05, 0) is 51.8 Å². The first-order valence-corrected chi connectivity index (χ1v) is 7.82. The van der Waals surface area contributed by atoms with Crippen molar-refractivity contribution in [2.45, 2.75) is 0 Å². The number of methoxy groups -OCH3 is 1. The van der Waals surface area contributed by atoms with E-state index in [0.717, 1.165) is 0 Å². The highest BCUT2D eigenvalue weighted by Crippen LogP contribution is 2.40. The van der Waals surface area contributed by atoms with Crippen molar-refractivity contribution in [3.63, 3.8) is 0 Å². The van der Waals surface area contributed by atoms with Gasteiger partial charge in [-0.1, -0.05) is 12.1 Å². The van der Waals surface area contributed by atoms with Crippen LogP contribution < -0.4 is 14.2 Å². The molecule has 3 rings (SSSR count). The van der Waals surface area contributed by atoms with Gasteiger partial charge in [-0.3, -0.25) is 4.79 Å². The zero-order chi connectivity index (χ0) is 17.1. The van der Waals surface area contributed by atoms with Crippen LogP contribution in [0.25, 0.3) is 6.08 Å². The first-order chi connectivity index (χ1) is 11.6. The maximum Gasteiger partial charge on any atom is 0.231 e. The molecule has 2 aromatic carbocycles. The van der Waals surface area contributed by atoms with E-state index >= 15 is 0 Å². The molecule has 0 saturated heterocycles. The molecule has 120 valence electrons. The summed E-state index contributed by atoms with van der Waals surface area (Å²) in [7, 11) is 1.48. The van der Waals surface area contributed by atoms with Gasteiger partial charge in [-0.25, -0.2) is 0 Å². The number of allylic oxidation sites excluding steroid dienone is 1. The summed E-state index contributed by atoms with van der Waals surface area (Å²) in [5, 5.41) is 9.40. The lowest BCUT2D eigenvalue weighted by atomic mass is 10.0. The summed E-state index contributed by atoms with van der Waals surface area (Å²) in [4.78, 5) is 12.6. The number of nitriles is 1. The second-order valence-corrected chi connectivity index (χ2v) is 5.79. The molecular weight excluding hydrogens is 374 g/mol. The Morgan fingerprint density at radius 1 is 1.33 bits per heavy atom. The normalized spacial score (nSPS) is 12.6. The van der Waals surface area contributed by atoms with Gasteiger partial charge in [0.2, 0.25) is 12.6 Å². The van der Waals surface area contributed by atoms with E-state index in [4.69, 9.17) is 14.2 Å². The summed E-state index contributed by atoms with van der Waals surface area (Å²) in [5.74, 6) is 1.21. The Labute approximate surface area is 147 Å². The number of nitrogens with zero attached hydrogens (tertiary/aromatic N) is 1. The maximum absolute atomic E-state index is 12.6. The lowest BCUT2D eigenvalue weighted by Gasteiger charge is -2.07. The molecular formula is C18H12BrNO4. The zero-order valence-corrected chi connectivity index (χ0v) is 14.3. The lowest BCUT2D eigenvalue weighted by molar-refractivity contribution is 0.103. The zero-order valence-electron chi connectivity index (χ0n) is 12.7. The molecule has 0 spiro atoms. The minimum Gasteiger partial charge on any atom is -0.496 e. The van der Waals surface area contributed by atoms with E-state index in [0.29, 0.717) is 32.8 Å². The third kappa shape index (κ3) is 2.99. The fourth-order valence-electron chi connectivity index (χ4n) is 2.36. The van der Waals surface area contributed by atoms with Crippen molar-refractivity contribution in [3.8, 4) is 23.3 Å². The van der Waals surface area contributed by atoms with E-state index in [1.807, 2.05) is 6.07 Å². The van der Waals surface area contributed by atoms with Gasteiger partial charge in [0.1, 0.15) is 17.4 Å². The SMILES string of the molecule is COc1ccccc1C(=O)/C(C#N)=C/c1cc(Br)c2c(c1)OCO2. The molecule has 0 unspecified atom stereocenters. The van der Waals surface area contributed by atoms with Crippen LogP contribution in [0.5, 0.6) is 17.2 Å². The van der Waals surface area contributed by atoms with Crippen LogP contribution in [-0.2, 0) is 0 Å². The molecule has 1 aliphatic heterocycles. The number of hydrogen-bond donors (Lipinski definition) is 0. The van der Waals surface area contributed by atoms with E-state index in [2.05, 4.69) is 15.9 Å². The molecule has 0 aliphatic carbocycles. The highest BCUT2D eigenvalue weighted by Gasteiger charge is 2.20. The number of ketones is 1. The van der Waals surface area contributed by atoms with E-state index in [1.165, 1.54) is 13.2 Å². The van der Waals surface area contributed by atoms with E-state index < -0.39 is 5.78 Å². The average Bonchev–Trinajstić information content (AvgIpc) is 3.08. The largest absolute Gasteiger partial charge is 0.496 e. The number of carbonyl (C=O) groups excluding carboxylic acids is 1. The van der Waals surface area contributed by atoms with Crippen LogP contribution in [0, 0.1) is 11.3 Å². The predicted molar refractivity (Wildman–Crippen MR) is 91.2 cm³/mol. The first-order valence-electron chi connectivity index (χ1n) is 7.02. The molecule has 0 bridgehead atoms. The number of hydrogen-bond acceptors (Lipinski definition) is 5. The van der Waals surface area contributed by atoms with Gasteiger partial charge in [-0.15, -0.1) is 0 Å². The second kappa shape index (κ2) is 6.77. The summed E-state index contributed by atoms with van der Waals surface area (Å²) >= 11 is 3.39. The van der Waals surface area contributed by atoms with Crippen LogP contribution in [0.4, 0.5) is 0 Å². The van der Waals surface area contributed by atoms with Crippen molar-refractivity contribution in [1.82, 2.24) is 0 Å². The third-order valence-electron chi connectivity index (χ3n) is 3.48. The summed E-state index contributed by atoms with van der Waals surface area (Å²) in [5.41, 5.74) is 1.00. The predicted octanol–water partition coefficient (Wildman–Crippen LogP) is 3.98. The van der Waals surface area contributed by atoms with Gasteiger partial charge in [0.05, 0.1) is 17.1 Å². The number of Topliss-reactive ketones (excluding diaryl/α,β-unsaturated/α-hetero) is 1. The van der Waals surface area contributed by atoms with Crippen molar-refractivity contribution in [3.05, 3.63) is 57.6 Å².